The summed E-state index contributed by atoms with van der Waals surface area (Å²) in [6, 6.07) is 0. The lowest BCUT2D eigenvalue weighted by atomic mass is 10.0. The van der Waals surface area contributed by atoms with Gasteiger partial charge in [-0.25, -0.2) is 0 Å². The first-order valence-corrected chi connectivity index (χ1v) is 5.95. The van der Waals surface area contributed by atoms with Crippen LogP contribution in [0.3, 0.4) is 0 Å². The summed E-state index contributed by atoms with van der Waals surface area (Å²) in [6.45, 7) is 8.32. The minimum atomic E-state index is 0.250. The highest BCUT2D eigenvalue weighted by Crippen LogP contribution is 2.11. The number of primary amides is 1. The molecule has 0 spiro atoms. The van der Waals surface area contributed by atoms with E-state index in [0.717, 1.165) is 5.92 Å². The zero-order valence-corrected chi connectivity index (χ0v) is 10.4. The average molecular weight is 213 g/mol. The maximum Gasteiger partial charge on any atom is 0.204 e. The number of carbonyl (C=O) groups excluding carboxylic acids is 1. The fourth-order valence-corrected chi connectivity index (χ4v) is 1.37. The summed E-state index contributed by atoms with van der Waals surface area (Å²) in [5.74, 6) is 0.887. The highest BCUT2D eigenvalue weighted by atomic mass is 16.1. The van der Waals surface area contributed by atoms with Crippen molar-refractivity contribution in [1.29, 1.82) is 0 Å². The van der Waals surface area contributed by atoms with Crippen molar-refractivity contribution in [1.82, 2.24) is 0 Å². The molecular weight excluding hydrogens is 186 g/mol. The van der Waals surface area contributed by atoms with E-state index in [0.29, 0.717) is 0 Å². The summed E-state index contributed by atoms with van der Waals surface area (Å²) in [6.07, 6.45) is 11.9. The highest BCUT2D eigenvalue weighted by Gasteiger charge is 1.93. The SMILES string of the molecule is C=CCCCCCCCC(C)C.NC=O. The van der Waals surface area contributed by atoms with Crippen LogP contribution in [0.15, 0.2) is 12.7 Å². The van der Waals surface area contributed by atoms with Crippen molar-refractivity contribution >= 4 is 6.41 Å². The minimum absolute atomic E-state index is 0.250. The Morgan fingerprint density at radius 1 is 1.13 bits per heavy atom. The Hall–Kier alpha value is -0.790. The van der Waals surface area contributed by atoms with Crippen LogP contribution in [0.4, 0.5) is 0 Å². The van der Waals surface area contributed by atoms with E-state index < -0.39 is 0 Å². The van der Waals surface area contributed by atoms with Crippen LogP contribution in [0.2, 0.25) is 0 Å². The number of hydrogen-bond acceptors (Lipinski definition) is 1. The van der Waals surface area contributed by atoms with E-state index in [2.05, 4.69) is 26.2 Å². The van der Waals surface area contributed by atoms with E-state index in [1.807, 2.05) is 6.08 Å². The summed E-state index contributed by atoms with van der Waals surface area (Å²) in [5.41, 5.74) is 4.17. The molecular formula is C13H27NO. The van der Waals surface area contributed by atoms with Crippen LogP contribution >= 0.6 is 0 Å². The summed E-state index contributed by atoms with van der Waals surface area (Å²) in [7, 11) is 0. The molecule has 0 saturated carbocycles. The van der Waals surface area contributed by atoms with Crippen LogP contribution in [-0.2, 0) is 4.79 Å². The van der Waals surface area contributed by atoms with E-state index in [9.17, 15) is 0 Å². The van der Waals surface area contributed by atoms with Gasteiger partial charge in [-0.05, 0) is 18.8 Å². The molecule has 0 unspecified atom stereocenters. The molecule has 2 N–H and O–H groups in total. The molecule has 2 nitrogen and oxygen atoms in total. The van der Waals surface area contributed by atoms with Crippen LogP contribution in [0, 0.1) is 5.92 Å². The smallest absolute Gasteiger partial charge is 0.204 e. The van der Waals surface area contributed by atoms with Gasteiger partial charge in [0.05, 0.1) is 0 Å². The molecule has 0 heterocycles. The zero-order chi connectivity index (χ0) is 11.9. The monoisotopic (exact) mass is 213 g/mol. The van der Waals surface area contributed by atoms with Gasteiger partial charge in [0, 0.05) is 0 Å². The van der Waals surface area contributed by atoms with E-state index in [-0.39, 0.29) is 6.41 Å². The van der Waals surface area contributed by atoms with Gasteiger partial charge in [-0.15, -0.1) is 6.58 Å². The Kier molecular flexibility index (Phi) is 17.4. The lowest BCUT2D eigenvalue weighted by molar-refractivity contribution is -0.106. The van der Waals surface area contributed by atoms with Crippen molar-refractivity contribution in [3.8, 4) is 0 Å². The fraction of sp³-hybridized carbons (Fsp3) is 0.769. The van der Waals surface area contributed by atoms with E-state index in [1.54, 1.807) is 0 Å². The molecule has 0 rings (SSSR count). The van der Waals surface area contributed by atoms with Crippen molar-refractivity contribution in [2.75, 3.05) is 0 Å². The van der Waals surface area contributed by atoms with Crippen LogP contribution in [0.1, 0.15) is 58.8 Å². The molecule has 0 aliphatic rings. The van der Waals surface area contributed by atoms with Crippen molar-refractivity contribution in [3.63, 3.8) is 0 Å². The number of carbonyl (C=O) groups is 1. The Morgan fingerprint density at radius 3 is 2.07 bits per heavy atom. The number of allylic oxidation sites excluding steroid dienone is 1. The Labute approximate surface area is 94.9 Å². The third-order valence-electron chi connectivity index (χ3n) is 2.19. The molecule has 0 aromatic carbocycles. The van der Waals surface area contributed by atoms with Gasteiger partial charge in [0.1, 0.15) is 0 Å². The number of unbranched alkanes of at least 4 members (excludes halogenated alkanes) is 5. The van der Waals surface area contributed by atoms with Gasteiger partial charge < -0.3 is 5.73 Å². The number of nitrogens with two attached hydrogens (primary N) is 1. The second-order valence-corrected chi connectivity index (χ2v) is 4.16. The van der Waals surface area contributed by atoms with Crippen LogP contribution in [0.25, 0.3) is 0 Å². The maximum atomic E-state index is 8.58. The van der Waals surface area contributed by atoms with Crippen LogP contribution in [0.5, 0.6) is 0 Å². The first-order chi connectivity index (χ1) is 7.18. The molecule has 0 aromatic heterocycles. The second-order valence-electron chi connectivity index (χ2n) is 4.16. The molecule has 0 aliphatic heterocycles. The molecule has 0 saturated heterocycles. The first kappa shape index (κ1) is 16.6. The zero-order valence-electron chi connectivity index (χ0n) is 10.4. The molecule has 0 atom stereocenters. The van der Waals surface area contributed by atoms with Crippen molar-refractivity contribution in [2.45, 2.75) is 58.8 Å². The summed E-state index contributed by atoms with van der Waals surface area (Å²) >= 11 is 0. The second kappa shape index (κ2) is 15.7. The lowest BCUT2D eigenvalue weighted by Crippen LogP contribution is -1.86. The summed E-state index contributed by atoms with van der Waals surface area (Å²) in [4.78, 5) is 8.58. The third kappa shape index (κ3) is 24.6. The molecule has 0 radical (unpaired) electrons. The number of amides is 1. The quantitative estimate of drug-likeness (QED) is 0.373. The van der Waals surface area contributed by atoms with E-state index in [4.69, 9.17) is 4.79 Å². The molecule has 0 bridgehead atoms. The van der Waals surface area contributed by atoms with Gasteiger partial charge in [0.25, 0.3) is 0 Å². The van der Waals surface area contributed by atoms with Crippen LogP contribution < -0.4 is 5.73 Å². The van der Waals surface area contributed by atoms with Gasteiger partial charge >= 0.3 is 0 Å². The maximum absolute atomic E-state index is 8.58. The molecule has 15 heavy (non-hydrogen) atoms. The molecule has 2 heteroatoms. The molecule has 90 valence electrons. The highest BCUT2D eigenvalue weighted by molar-refractivity contribution is 5.42. The first-order valence-electron chi connectivity index (χ1n) is 5.95. The van der Waals surface area contributed by atoms with Gasteiger partial charge in [-0.3, -0.25) is 4.79 Å². The lowest BCUT2D eigenvalue weighted by Gasteiger charge is -2.03. The average Bonchev–Trinajstić information content (AvgIpc) is 2.17. The van der Waals surface area contributed by atoms with Gasteiger partial charge in [0.15, 0.2) is 0 Å². The fourth-order valence-electron chi connectivity index (χ4n) is 1.37. The number of rotatable bonds is 8. The normalized spacial score (nSPS) is 9.27. The van der Waals surface area contributed by atoms with E-state index >= 15 is 0 Å². The molecule has 1 amide bonds. The third-order valence-corrected chi connectivity index (χ3v) is 2.19. The number of hydrogen-bond donors (Lipinski definition) is 1. The van der Waals surface area contributed by atoms with Crippen LogP contribution in [-0.4, -0.2) is 6.41 Å². The van der Waals surface area contributed by atoms with Crippen molar-refractivity contribution < 1.29 is 4.79 Å². The Balaban J connectivity index is 0. The molecule has 0 fully saturated rings. The van der Waals surface area contributed by atoms with Crippen molar-refractivity contribution in [2.24, 2.45) is 11.7 Å². The Bertz CT molecular complexity index is 132. The van der Waals surface area contributed by atoms with Gasteiger partial charge in [-0.1, -0.05) is 52.0 Å². The predicted octanol–water partition coefficient (Wildman–Crippen LogP) is 3.66. The van der Waals surface area contributed by atoms with Gasteiger partial charge in [0.2, 0.25) is 6.41 Å². The van der Waals surface area contributed by atoms with E-state index in [1.165, 1.54) is 44.9 Å². The molecule has 0 aliphatic carbocycles. The van der Waals surface area contributed by atoms with Crippen molar-refractivity contribution in [3.05, 3.63) is 12.7 Å². The standard InChI is InChI=1S/C12H24.CH3NO/c1-4-5-6-7-8-9-10-11-12(2)3;2-1-3/h4,12H,1,5-11H2,2-3H3;1H,(H2,2,3). The summed E-state index contributed by atoms with van der Waals surface area (Å²) in [5, 5.41) is 0. The topological polar surface area (TPSA) is 43.1 Å². The molecule has 0 aromatic rings. The summed E-state index contributed by atoms with van der Waals surface area (Å²) < 4.78 is 0. The predicted molar refractivity (Wildman–Crippen MR) is 67.6 cm³/mol. The Morgan fingerprint density at radius 2 is 1.60 bits per heavy atom. The minimum Gasteiger partial charge on any atom is -0.372 e. The van der Waals surface area contributed by atoms with Gasteiger partial charge in [-0.2, -0.15) is 0 Å². The largest absolute Gasteiger partial charge is 0.372 e.